The van der Waals surface area contributed by atoms with E-state index in [1.165, 1.54) is 12.2 Å². The summed E-state index contributed by atoms with van der Waals surface area (Å²) in [4.78, 5) is 0. The fraction of sp³-hybridized carbons (Fsp3) is 0.200. The molecule has 0 rings (SSSR count). The zero-order chi connectivity index (χ0) is 8.04. The van der Waals surface area contributed by atoms with Crippen LogP contribution in [0.15, 0.2) is 24.5 Å². The molecule has 0 aromatic carbocycles. The normalized spacial score (nSPS) is 11.8. The summed E-state index contributed by atoms with van der Waals surface area (Å²) >= 11 is 0. The molecular formula is C5H7NaO4S. The molecule has 0 aliphatic rings. The molecule has 11 heavy (non-hydrogen) atoms. The quantitative estimate of drug-likeness (QED) is 0.161. The van der Waals surface area contributed by atoms with Crippen molar-refractivity contribution in [1.29, 1.82) is 0 Å². The molecule has 0 N–H and O–H groups in total. The van der Waals surface area contributed by atoms with E-state index in [9.17, 15) is 13.0 Å². The second-order valence-electron chi connectivity index (χ2n) is 1.36. The topological polar surface area (TPSA) is 66.4 Å². The van der Waals surface area contributed by atoms with Crippen molar-refractivity contribution < 1.29 is 46.7 Å². The van der Waals surface area contributed by atoms with Gasteiger partial charge in [0.25, 0.3) is 10.4 Å². The minimum absolute atomic E-state index is 0. The summed E-state index contributed by atoms with van der Waals surface area (Å²) in [7, 11) is -4.58. The van der Waals surface area contributed by atoms with Gasteiger partial charge in [0.15, 0.2) is 0 Å². The smallest absolute Gasteiger partial charge is 0.716 e. The van der Waals surface area contributed by atoms with E-state index >= 15 is 0 Å². The maximum atomic E-state index is 9.74. The molecule has 0 spiro atoms. The maximum absolute atomic E-state index is 9.74. The predicted molar refractivity (Wildman–Crippen MR) is 34.7 cm³/mol. The largest absolute Gasteiger partial charge is 1.00 e. The first-order valence-electron chi connectivity index (χ1n) is 2.48. The van der Waals surface area contributed by atoms with Crippen molar-refractivity contribution in [2.75, 3.05) is 0 Å². The average Bonchev–Trinajstić information content (AvgIpc) is 1.78. The average molecular weight is 186 g/mol. The van der Waals surface area contributed by atoms with Gasteiger partial charge in [0.2, 0.25) is 0 Å². The summed E-state index contributed by atoms with van der Waals surface area (Å²) < 4.78 is 32.9. The molecule has 0 aliphatic carbocycles. The summed E-state index contributed by atoms with van der Waals surface area (Å²) in [6.45, 7) is 1.75. The van der Waals surface area contributed by atoms with Gasteiger partial charge in [-0.25, -0.2) is 8.42 Å². The van der Waals surface area contributed by atoms with E-state index in [2.05, 4.69) is 4.18 Å². The Kier molecular flexibility index (Phi) is 8.60. The van der Waals surface area contributed by atoms with Crippen LogP contribution in [0.2, 0.25) is 0 Å². The molecule has 0 saturated carbocycles. The Labute approximate surface area is 88.2 Å². The van der Waals surface area contributed by atoms with Gasteiger partial charge < -0.3 is 8.74 Å². The second kappa shape index (κ2) is 6.87. The molecule has 0 fully saturated rings. The van der Waals surface area contributed by atoms with Gasteiger partial charge in [-0.1, -0.05) is 12.2 Å². The van der Waals surface area contributed by atoms with Crippen LogP contribution in [0.5, 0.6) is 0 Å². The Bertz CT molecular complexity index is 229. The van der Waals surface area contributed by atoms with E-state index in [-0.39, 0.29) is 29.6 Å². The molecule has 0 bridgehead atoms. The molecule has 6 heteroatoms. The van der Waals surface area contributed by atoms with Gasteiger partial charge in [-0.15, -0.1) is 0 Å². The van der Waals surface area contributed by atoms with Crippen LogP contribution >= 0.6 is 0 Å². The van der Waals surface area contributed by atoms with Crippen molar-refractivity contribution in [3.63, 3.8) is 0 Å². The van der Waals surface area contributed by atoms with Crippen LogP contribution in [0, 0.1) is 0 Å². The van der Waals surface area contributed by atoms with E-state index in [0.717, 1.165) is 6.26 Å². The van der Waals surface area contributed by atoms with Gasteiger partial charge in [-0.2, -0.15) is 0 Å². The standard InChI is InChI=1S/C5H8O4S.Na/c1-2-3-4-5-9-10(6,7)8;/h2-5H,1H3,(H,6,7,8);/q;+1/p-1/b3-2+,5-4+;. The fourth-order valence-corrected chi connectivity index (χ4v) is 0.457. The van der Waals surface area contributed by atoms with Crippen LogP contribution < -0.4 is 29.6 Å². The van der Waals surface area contributed by atoms with Gasteiger partial charge in [0, 0.05) is 0 Å². The van der Waals surface area contributed by atoms with Crippen molar-refractivity contribution in [1.82, 2.24) is 0 Å². The number of hydrogen-bond donors (Lipinski definition) is 0. The molecule has 58 valence electrons. The summed E-state index contributed by atoms with van der Waals surface area (Å²) in [5, 5.41) is 0. The molecule has 0 saturated heterocycles. The van der Waals surface area contributed by atoms with Crippen molar-refractivity contribution in [2.24, 2.45) is 0 Å². The maximum Gasteiger partial charge on any atom is 1.00 e. The summed E-state index contributed by atoms with van der Waals surface area (Å²) in [5.74, 6) is 0. The second-order valence-corrected chi connectivity index (χ2v) is 2.37. The first-order valence-corrected chi connectivity index (χ1v) is 3.81. The van der Waals surface area contributed by atoms with Crippen LogP contribution in [-0.4, -0.2) is 13.0 Å². The Hall–Kier alpha value is 0.190. The van der Waals surface area contributed by atoms with E-state index in [1.807, 2.05) is 0 Å². The SMILES string of the molecule is C/C=C/C=C/OS(=O)(=O)[O-].[Na+]. The third-order valence-corrected chi connectivity index (χ3v) is 0.902. The van der Waals surface area contributed by atoms with Gasteiger partial charge in [-0.05, 0) is 13.0 Å². The molecule has 0 radical (unpaired) electrons. The molecule has 0 aromatic heterocycles. The Morgan fingerprint density at radius 3 is 2.27 bits per heavy atom. The molecule has 0 amide bonds. The van der Waals surface area contributed by atoms with Crippen molar-refractivity contribution in [3.8, 4) is 0 Å². The Balaban J connectivity index is 0. The van der Waals surface area contributed by atoms with Crippen molar-refractivity contribution >= 4 is 10.4 Å². The zero-order valence-corrected chi connectivity index (χ0v) is 9.17. The van der Waals surface area contributed by atoms with Crippen LogP contribution in [0.3, 0.4) is 0 Å². The van der Waals surface area contributed by atoms with Crippen LogP contribution in [0.4, 0.5) is 0 Å². The van der Waals surface area contributed by atoms with Crippen LogP contribution in [0.25, 0.3) is 0 Å². The minimum Gasteiger partial charge on any atom is -0.716 e. The van der Waals surface area contributed by atoms with Crippen LogP contribution in [-0.2, 0) is 14.6 Å². The first kappa shape index (κ1) is 13.8. The molecule has 0 aromatic rings. The van der Waals surface area contributed by atoms with E-state index in [4.69, 9.17) is 0 Å². The van der Waals surface area contributed by atoms with Crippen molar-refractivity contribution in [3.05, 3.63) is 24.5 Å². The van der Waals surface area contributed by atoms with E-state index < -0.39 is 10.4 Å². The Morgan fingerprint density at radius 2 is 1.91 bits per heavy atom. The van der Waals surface area contributed by atoms with Crippen LogP contribution in [0.1, 0.15) is 6.92 Å². The molecule has 0 heterocycles. The summed E-state index contributed by atoms with van der Waals surface area (Å²) in [5.41, 5.74) is 0. The third kappa shape index (κ3) is 13.2. The van der Waals surface area contributed by atoms with Gasteiger partial charge in [-0.3, -0.25) is 0 Å². The number of hydrogen-bond acceptors (Lipinski definition) is 4. The van der Waals surface area contributed by atoms with Gasteiger partial charge in [0.05, 0.1) is 0 Å². The molecule has 4 nitrogen and oxygen atoms in total. The summed E-state index contributed by atoms with van der Waals surface area (Å²) in [6, 6.07) is 0. The van der Waals surface area contributed by atoms with E-state index in [0.29, 0.717) is 0 Å². The predicted octanol–water partition coefficient (Wildman–Crippen LogP) is -2.44. The zero-order valence-electron chi connectivity index (χ0n) is 6.35. The van der Waals surface area contributed by atoms with Gasteiger partial charge >= 0.3 is 29.6 Å². The third-order valence-electron chi connectivity index (χ3n) is 0.556. The number of allylic oxidation sites excluding steroid dienone is 3. The molecular weight excluding hydrogens is 179 g/mol. The first-order chi connectivity index (χ1) is 4.56. The number of rotatable bonds is 3. The molecule has 0 atom stereocenters. The minimum atomic E-state index is -4.58. The fourth-order valence-electron chi connectivity index (χ4n) is 0.257. The monoisotopic (exact) mass is 186 g/mol. The molecule has 0 aliphatic heterocycles. The van der Waals surface area contributed by atoms with E-state index in [1.54, 1.807) is 13.0 Å². The van der Waals surface area contributed by atoms with Gasteiger partial charge in [0.1, 0.15) is 6.26 Å². The summed E-state index contributed by atoms with van der Waals surface area (Å²) in [6.07, 6.45) is 5.31. The Morgan fingerprint density at radius 1 is 1.36 bits per heavy atom. The molecule has 0 unspecified atom stereocenters. The van der Waals surface area contributed by atoms with Crippen molar-refractivity contribution in [2.45, 2.75) is 6.92 Å².